The summed E-state index contributed by atoms with van der Waals surface area (Å²) in [7, 11) is 1.69. The number of ether oxygens (including phenoxy) is 1. The zero-order chi connectivity index (χ0) is 17.6. The van der Waals surface area contributed by atoms with Crippen LogP contribution in [0.3, 0.4) is 0 Å². The van der Waals surface area contributed by atoms with Gasteiger partial charge in [-0.25, -0.2) is 4.98 Å². The molecule has 2 heterocycles. The van der Waals surface area contributed by atoms with Crippen LogP contribution < -0.4 is 5.32 Å². The Kier molecular flexibility index (Phi) is 5.68. The second kappa shape index (κ2) is 8.14. The quantitative estimate of drug-likeness (QED) is 0.705. The number of hydrogen-bond donors (Lipinski definition) is 1. The van der Waals surface area contributed by atoms with Gasteiger partial charge in [-0.1, -0.05) is 17.7 Å². The van der Waals surface area contributed by atoms with Gasteiger partial charge in [0.1, 0.15) is 5.65 Å². The number of nitrogens with zero attached hydrogens (tertiary/aromatic N) is 2. The van der Waals surface area contributed by atoms with Crippen molar-refractivity contribution in [3.63, 3.8) is 0 Å². The summed E-state index contributed by atoms with van der Waals surface area (Å²) in [5, 5.41) is 4.60. The predicted octanol–water partition coefficient (Wildman–Crippen LogP) is 3.31. The first-order valence-corrected chi connectivity index (χ1v) is 8.52. The van der Waals surface area contributed by atoms with Crippen molar-refractivity contribution in [1.29, 1.82) is 0 Å². The number of halogens is 1. The lowest BCUT2D eigenvalue weighted by atomic mass is 10.1. The number of aromatic nitrogens is 2. The Hall–Kier alpha value is -2.37. The SMILES string of the molecule is COCCn1cc(CCNC(=O)c2cccc(Cl)c2)c2cccnc21. The van der Waals surface area contributed by atoms with E-state index in [0.29, 0.717) is 23.7 Å². The number of benzene rings is 1. The Morgan fingerprint density at radius 2 is 2.20 bits per heavy atom. The molecule has 1 aromatic carbocycles. The molecule has 0 atom stereocenters. The van der Waals surface area contributed by atoms with E-state index in [-0.39, 0.29) is 5.91 Å². The van der Waals surface area contributed by atoms with Gasteiger partial charge in [0.15, 0.2) is 0 Å². The second-order valence-corrected chi connectivity index (χ2v) is 6.17. The smallest absolute Gasteiger partial charge is 0.251 e. The molecule has 1 amide bonds. The molecule has 0 radical (unpaired) electrons. The highest BCUT2D eigenvalue weighted by Crippen LogP contribution is 2.19. The van der Waals surface area contributed by atoms with Crippen molar-refractivity contribution in [1.82, 2.24) is 14.9 Å². The summed E-state index contributed by atoms with van der Waals surface area (Å²) >= 11 is 5.93. The van der Waals surface area contributed by atoms with Gasteiger partial charge in [-0.2, -0.15) is 0 Å². The van der Waals surface area contributed by atoms with E-state index in [0.717, 1.165) is 29.6 Å². The molecule has 2 aromatic heterocycles. The van der Waals surface area contributed by atoms with Gasteiger partial charge in [0.05, 0.1) is 6.61 Å². The molecular formula is C19H20ClN3O2. The molecule has 6 heteroatoms. The lowest BCUT2D eigenvalue weighted by molar-refractivity contribution is 0.0954. The van der Waals surface area contributed by atoms with Gasteiger partial charge >= 0.3 is 0 Å². The van der Waals surface area contributed by atoms with Gasteiger partial charge in [-0.15, -0.1) is 0 Å². The molecule has 130 valence electrons. The van der Waals surface area contributed by atoms with Crippen molar-refractivity contribution in [2.75, 3.05) is 20.3 Å². The zero-order valence-electron chi connectivity index (χ0n) is 14.0. The maximum atomic E-state index is 12.2. The van der Waals surface area contributed by atoms with Crippen molar-refractivity contribution in [2.45, 2.75) is 13.0 Å². The van der Waals surface area contributed by atoms with Crippen LogP contribution in [0.25, 0.3) is 11.0 Å². The van der Waals surface area contributed by atoms with Crippen LogP contribution in [0, 0.1) is 0 Å². The molecule has 0 saturated carbocycles. The first kappa shape index (κ1) is 17.5. The first-order valence-electron chi connectivity index (χ1n) is 8.14. The lowest BCUT2D eigenvalue weighted by Crippen LogP contribution is -2.25. The molecule has 3 aromatic rings. The van der Waals surface area contributed by atoms with Crippen molar-refractivity contribution in [3.05, 3.63) is 64.9 Å². The minimum absolute atomic E-state index is 0.122. The van der Waals surface area contributed by atoms with Crippen LogP contribution in [-0.4, -0.2) is 35.7 Å². The molecule has 0 aliphatic rings. The minimum atomic E-state index is -0.122. The third-order valence-corrected chi connectivity index (χ3v) is 4.25. The highest BCUT2D eigenvalue weighted by atomic mass is 35.5. The topological polar surface area (TPSA) is 56.1 Å². The van der Waals surface area contributed by atoms with Crippen molar-refractivity contribution < 1.29 is 9.53 Å². The van der Waals surface area contributed by atoms with E-state index >= 15 is 0 Å². The largest absolute Gasteiger partial charge is 0.383 e. The van der Waals surface area contributed by atoms with E-state index in [1.807, 2.05) is 6.07 Å². The first-order chi connectivity index (χ1) is 12.2. The third-order valence-electron chi connectivity index (χ3n) is 4.02. The Balaban J connectivity index is 1.68. The molecule has 0 spiro atoms. The molecule has 25 heavy (non-hydrogen) atoms. The fourth-order valence-corrected chi connectivity index (χ4v) is 2.99. The van der Waals surface area contributed by atoms with E-state index in [2.05, 4.69) is 27.1 Å². The van der Waals surface area contributed by atoms with Gasteiger partial charge < -0.3 is 14.6 Å². The van der Waals surface area contributed by atoms with Crippen LogP contribution in [-0.2, 0) is 17.7 Å². The highest BCUT2D eigenvalue weighted by molar-refractivity contribution is 6.30. The van der Waals surface area contributed by atoms with E-state index in [9.17, 15) is 4.79 Å². The number of methoxy groups -OCH3 is 1. The Morgan fingerprint density at radius 1 is 1.32 bits per heavy atom. The number of pyridine rings is 1. The monoisotopic (exact) mass is 357 g/mol. The standard InChI is InChI=1S/C19H20ClN3O2/c1-25-11-10-23-13-15(17-6-3-8-21-18(17)23)7-9-22-19(24)14-4-2-5-16(20)12-14/h2-6,8,12-13H,7,9-11H2,1H3,(H,22,24). The Labute approximate surface area is 151 Å². The molecule has 0 aliphatic carbocycles. The van der Waals surface area contributed by atoms with Crippen LogP contribution >= 0.6 is 11.6 Å². The number of hydrogen-bond acceptors (Lipinski definition) is 3. The molecule has 0 fully saturated rings. The summed E-state index contributed by atoms with van der Waals surface area (Å²) in [6.07, 6.45) is 4.60. The van der Waals surface area contributed by atoms with Crippen molar-refractivity contribution in [3.8, 4) is 0 Å². The van der Waals surface area contributed by atoms with Gasteiger partial charge in [0.2, 0.25) is 0 Å². The predicted molar refractivity (Wildman–Crippen MR) is 99.1 cm³/mol. The average molecular weight is 358 g/mol. The molecule has 1 N–H and O–H groups in total. The minimum Gasteiger partial charge on any atom is -0.383 e. The summed E-state index contributed by atoms with van der Waals surface area (Å²) < 4.78 is 7.25. The Morgan fingerprint density at radius 3 is 3.00 bits per heavy atom. The van der Waals surface area contributed by atoms with Gasteiger partial charge in [0.25, 0.3) is 5.91 Å². The van der Waals surface area contributed by atoms with Crippen LogP contribution in [0.4, 0.5) is 0 Å². The van der Waals surface area contributed by atoms with E-state index in [1.165, 1.54) is 0 Å². The molecule has 3 rings (SSSR count). The lowest BCUT2D eigenvalue weighted by Gasteiger charge is -2.05. The second-order valence-electron chi connectivity index (χ2n) is 5.73. The maximum Gasteiger partial charge on any atom is 0.251 e. The summed E-state index contributed by atoms with van der Waals surface area (Å²) in [6, 6.07) is 10.9. The number of carbonyl (C=O) groups excluding carboxylic acids is 1. The Bertz CT molecular complexity index is 876. The third kappa shape index (κ3) is 4.18. The molecular weight excluding hydrogens is 338 g/mol. The highest BCUT2D eigenvalue weighted by Gasteiger charge is 2.10. The van der Waals surface area contributed by atoms with Crippen LogP contribution in [0.1, 0.15) is 15.9 Å². The molecule has 0 saturated heterocycles. The van der Waals surface area contributed by atoms with Gasteiger partial charge in [-0.3, -0.25) is 4.79 Å². The van der Waals surface area contributed by atoms with E-state index in [4.69, 9.17) is 16.3 Å². The summed E-state index contributed by atoms with van der Waals surface area (Å²) in [6.45, 7) is 1.92. The molecule has 0 aliphatic heterocycles. The van der Waals surface area contributed by atoms with Crippen LogP contribution in [0.5, 0.6) is 0 Å². The average Bonchev–Trinajstić information content (AvgIpc) is 2.98. The van der Waals surface area contributed by atoms with Gasteiger partial charge in [-0.05, 0) is 42.3 Å². The molecule has 0 unspecified atom stereocenters. The molecule has 0 bridgehead atoms. The van der Waals surface area contributed by atoms with E-state index in [1.54, 1.807) is 37.6 Å². The number of rotatable bonds is 7. The molecule has 5 nitrogen and oxygen atoms in total. The van der Waals surface area contributed by atoms with E-state index < -0.39 is 0 Å². The van der Waals surface area contributed by atoms with Crippen LogP contribution in [0.2, 0.25) is 5.02 Å². The number of carbonyl (C=O) groups is 1. The normalized spacial score (nSPS) is 11.0. The number of amides is 1. The van der Waals surface area contributed by atoms with Crippen LogP contribution in [0.15, 0.2) is 48.8 Å². The van der Waals surface area contributed by atoms with Gasteiger partial charge in [0, 0.05) is 48.6 Å². The zero-order valence-corrected chi connectivity index (χ0v) is 14.8. The maximum absolute atomic E-state index is 12.2. The van der Waals surface area contributed by atoms with Crippen molar-refractivity contribution >= 4 is 28.5 Å². The number of fused-ring (bicyclic) bond motifs is 1. The summed E-state index contributed by atoms with van der Waals surface area (Å²) in [5.41, 5.74) is 2.66. The fourth-order valence-electron chi connectivity index (χ4n) is 2.80. The van der Waals surface area contributed by atoms with Crippen molar-refractivity contribution in [2.24, 2.45) is 0 Å². The fraction of sp³-hybridized carbons (Fsp3) is 0.263. The summed E-state index contributed by atoms with van der Waals surface area (Å²) in [4.78, 5) is 16.7. The summed E-state index contributed by atoms with van der Waals surface area (Å²) in [5.74, 6) is -0.122. The number of nitrogens with one attached hydrogen (secondary N) is 1.